The second kappa shape index (κ2) is 10.0. The van der Waals surface area contributed by atoms with Crippen LogP contribution in [0, 0.1) is 0 Å². The predicted molar refractivity (Wildman–Crippen MR) is 154 cm³/mol. The van der Waals surface area contributed by atoms with Crippen LogP contribution in [-0.2, 0) is 9.16 Å². The first-order valence-electron chi connectivity index (χ1n) is 12.4. The summed E-state index contributed by atoms with van der Waals surface area (Å²) in [5, 5.41) is 4.04. The molecule has 4 rings (SSSR count). The maximum absolute atomic E-state index is 6.83. The van der Waals surface area contributed by atoms with Crippen LogP contribution in [0.5, 0.6) is 0 Å². The van der Waals surface area contributed by atoms with E-state index in [-0.39, 0.29) is 11.1 Å². The quantitative estimate of drug-likeness (QED) is 0.276. The highest BCUT2D eigenvalue weighted by Crippen LogP contribution is 2.41. The molecule has 0 aromatic heterocycles. The lowest BCUT2D eigenvalue weighted by Crippen LogP contribution is -2.52. The summed E-state index contributed by atoms with van der Waals surface area (Å²) >= 11 is 0. The molecular formula is C30H38NO2PSi. The zero-order valence-corrected chi connectivity index (χ0v) is 24.0. The van der Waals surface area contributed by atoms with Crippen LogP contribution >= 0.6 is 7.92 Å². The highest BCUT2D eigenvalue weighted by molar-refractivity contribution is 7.80. The second-order valence-electron chi connectivity index (χ2n) is 11.3. The van der Waals surface area contributed by atoms with E-state index >= 15 is 0 Å². The molecule has 3 aromatic rings. The van der Waals surface area contributed by atoms with Gasteiger partial charge in [0.15, 0.2) is 8.32 Å². The first kappa shape index (κ1) is 25.8. The van der Waals surface area contributed by atoms with Crippen LogP contribution in [0.25, 0.3) is 0 Å². The monoisotopic (exact) mass is 503 g/mol. The third kappa shape index (κ3) is 5.61. The van der Waals surface area contributed by atoms with Crippen LogP contribution in [0.15, 0.2) is 89.9 Å². The highest BCUT2D eigenvalue weighted by atomic mass is 31.1. The van der Waals surface area contributed by atoms with Gasteiger partial charge in [-0.2, -0.15) is 0 Å². The molecule has 5 heteroatoms. The van der Waals surface area contributed by atoms with Crippen LogP contribution < -0.4 is 15.9 Å². The molecule has 0 aliphatic carbocycles. The molecule has 0 bridgehead atoms. The summed E-state index contributed by atoms with van der Waals surface area (Å²) in [6, 6.07) is 30.1. The van der Waals surface area contributed by atoms with Crippen LogP contribution in [-0.4, -0.2) is 32.5 Å². The van der Waals surface area contributed by atoms with Gasteiger partial charge in [0.25, 0.3) is 0 Å². The first-order chi connectivity index (χ1) is 16.5. The van der Waals surface area contributed by atoms with Gasteiger partial charge in [-0.3, -0.25) is 0 Å². The lowest BCUT2D eigenvalue weighted by molar-refractivity contribution is 0.0548. The molecule has 35 heavy (non-hydrogen) atoms. The lowest BCUT2D eigenvalue weighted by atomic mass is 10.0. The van der Waals surface area contributed by atoms with Gasteiger partial charge in [0.1, 0.15) is 12.6 Å². The Balaban J connectivity index is 1.72. The Bertz CT molecular complexity index is 1130. The van der Waals surface area contributed by atoms with E-state index in [1.54, 1.807) is 0 Å². The third-order valence-corrected chi connectivity index (χ3v) is 14.3. The fourth-order valence-corrected chi connectivity index (χ4v) is 8.39. The van der Waals surface area contributed by atoms with E-state index in [1.165, 1.54) is 15.9 Å². The molecule has 1 heterocycles. The molecule has 0 amide bonds. The Morgan fingerprint density at radius 2 is 1.31 bits per heavy atom. The number of hydrogen-bond donors (Lipinski definition) is 0. The maximum atomic E-state index is 6.83. The topological polar surface area (TPSA) is 30.8 Å². The molecule has 0 fully saturated rings. The van der Waals surface area contributed by atoms with Gasteiger partial charge in [-0.15, -0.1) is 0 Å². The molecule has 0 spiro atoms. The number of aliphatic imine (C=N–C) groups is 1. The molecular weight excluding hydrogens is 465 g/mol. The van der Waals surface area contributed by atoms with Crippen molar-refractivity contribution in [3.8, 4) is 0 Å². The Kier molecular flexibility index (Phi) is 7.38. The van der Waals surface area contributed by atoms with Gasteiger partial charge >= 0.3 is 0 Å². The minimum atomic E-state index is -1.95. The van der Waals surface area contributed by atoms with Gasteiger partial charge in [0.2, 0.25) is 5.90 Å². The van der Waals surface area contributed by atoms with E-state index < -0.39 is 21.8 Å². The van der Waals surface area contributed by atoms with Crippen molar-refractivity contribution >= 4 is 38.1 Å². The van der Waals surface area contributed by atoms with Gasteiger partial charge in [-0.05, 0) is 61.9 Å². The highest BCUT2D eigenvalue weighted by Gasteiger charge is 2.45. The smallest absolute Gasteiger partial charge is 0.217 e. The van der Waals surface area contributed by atoms with Crippen molar-refractivity contribution < 1.29 is 9.16 Å². The number of nitrogens with zero attached hydrogens (tertiary/aromatic N) is 1. The summed E-state index contributed by atoms with van der Waals surface area (Å²) in [7, 11) is -2.70. The molecule has 0 N–H and O–H groups in total. The molecule has 1 aliphatic rings. The molecule has 0 unspecified atom stereocenters. The molecule has 0 saturated heterocycles. The van der Waals surface area contributed by atoms with Crippen LogP contribution in [0.1, 0.15) is 40.2 Å². The molecule has 1 atom stereocenters. The van der Waals surface area contributed by atoms with Gasteiger partial charge in [-0.1, -0.05) is 99.6 Å². The van der Waals surface area contributed by atoms with E-state index in [9.17, 15) is 0 Å². The third-order valence-electron chi connectivity index (χ3n) is 7.18. The van der Waals surface area contributed by atoms with Crippen molar-refractivity contribution in [3.63, 3.8) is 0 Å². The van der Waals surface area contributed by atoms with Gasteiger partial charge in [0, 0.05) is 5.56 Å². The average molecular weight is 504 g/mol. The van der Waals surface area contributed by atoms with Gasteiger partial charge < -0.3 is 9.16 Å². The van der Waals surface area contributed by atoms with Crippen molar-refractivity contribution in [2.45, 2.75) is 64.4 Å². The van der Waals surface area contributed by atoms with Crippen molar-refractivity contribution in [2.75, 3.05) is 6.61 Å². The van der Waals surface area contributed by atoms with Gasteiger partial charge in [0.05, 0.1) is 5.60 Å². The normalized spacial score (nSPS) is 16.8. The molecule has 0 radical (unpaired) electrons. The minimum Gasteiger partial charge on any atom is -0.475 e. The summed E-state index contributed by atoms with van der Waals surface area (Å²) in [5.41, 5.74) is 0.681. The van der Waals surface area contributed by atoms with Crippen molar-refractivity contribution in [2.24, 2.45) is 4.99 Å². The van der Waals surface area contributed by atoms with Crippen LogP contribution in [0.4, 0.5) is 0 Å². The number of benzene rings is 3. The van der Waals surface area contributed by atoms with E-state index in [0.29, 0.717) is 6.61 Å². The zero-order chi connectivity index (χ0) is 25.3. The Labute approximate surface area is 213 Å². The Morgan fingerprint density at radius 1 is 0.800 bits per heavy atom. The fourth-order valence-electron chi connectivity index (χ4n) is 4.19. The fraction of sp³-hybridized carbons (Fsp3) is 0.367. The molecule has 1 aliphatic heterocycles. The maximum Gasteiger partial charge on any atom is 0.217 e. The number of hydrogen-bond acceptors (Lipinski definition) is 3. The molecule has 3 nitrogen and oxygen atoms in total. The Morgan fingerprint density at radius 3 is 1.86 bits per heavy atom. The molecule has 184 valence electrons. The van der Waals surface area contributed by atoms with Crippen LogP contribution in [0.2, 0.25) is 18.1 Å². The summed E-state index contributed by atoms with van der Waals surface area (Å²) in [4.78, 5) is 5.13. The summed E-state index contributed by atoms with van der Waals surface area (Å²) in [5.74, 6) is 0.733. The van der Waals surface area contributed by atoms with E-state index in [2.05, 4.69) is 133 Å². The van der Waals surface area contributed by atoms with E-state index in [1.807, 2.05) is 0 Å². The largest absolute Gasteiger partial charge is 0.475 e. The summed E-state index contributed by atoms with van der Waals surface area (Å²) in [6.45, 7) is 16.3. The minimum absolute atomic E-state index is 0.0423. The molecule has 0 saturated carbocycles. The van der Waals surface area contributed by atoms with Crippen molar-refractivity contribution in [1.82, 2.24) is 0 Å². The zero-order valence-electron chi connectivity index (χ0n) is 22.1. The van der Waals surface area contributed by atoms with Crippen molar-refractivity contribution in [3.05, 3.63) is 90.5 Å². The first-order valence-corrected chi connectivity index (χ1v) is 16.6. The van der Waals surface area contributed by atoms with E-state index in [4.69, 9.17) is 14.2 Å². The SMILES string of the molecule is CC(C)(O[Si](C)(C)C(C)(C)C)[C@@H]1COC(c2ccccc2P(c2ccccc2)c2ccccc2)=N1. The average Bonchev–Trinajstić information content (AvgIpc) is 3.31. The summed E-state index contributed by atoms with van der Waals surface area (Å²) < 4.78 is 13.1. The Hall–Kier alpha value is -2.26. The molecule has 3 aromatic carbocycles. The number of rotatable bonds is 7. The lowest BCUT2D eigenvalue weighted by Gasteiger charge is -2.43. The van der Waals surface area contributed by atoms with E-state index in [0.717, 1.165) is 11.5 Å². The second-order valence-corrected chi connectivity index (χ2v) is 18.2. The van der Waals surface area contributed by atoms with Crippen molar-refractivity contribution in [1.29, 1.82) is 0 Å². The van der Waals surface area contributed by atoms with Gasteiger partial charge in [-0.25, -0.2) is 4.99 Å². The van der Waals surface area contributed by atoms with Crippen LogP contribution in [0.3, 0.4) is 0 Å². The standard InChI is InChI=1S/C30H38NO2PSi/c1-29(2,3)35(6,7)33-30(4,5)27-22-32-28(31-27)25-20-14-15-21-26(25)34(23-16-10-8-11-17-23)24-18-12-9-13-19-24/h8-21,27H,22H2,1-7H3/t27-/m0/s1. The number of ether oxygens (including phenoxy) is 1. The predicted octanol–water partition coefficient (Wildman–Crippen LogP) is 6.39. The summed E-state index contributed by atoms with van der Waals surface area (Å²) in [6.07, 6.45) is 0.